The van der Waals surface area contributed by atoms with E-state index in [2.05, 4.69) is 26.1 Å². The number of hydrazone groups is 1. The molecule has 1 aliphatic rings. The van der Waals surface area contributed by atoms with E-state index in [9.17, 15) is 14.4 Å². The van der Waals surface area contributed by atoms with Gasteiger partial charge in [0.1, 0.15) is 0 Å². The summed E-state index contributed by atoms with van der Waals surface area (Å²) < 4.78 is 0. The predicted octanol–water partition coefficient (Wildman–Crippen LogP) is 4.33. The SMILES string of the molecule is O=C(N/N=C/C1C(=O)NC(=S)N(c2ccccc2)C1=O)c1ccc(Nc2nc(-c3ccccc3)cs2)cc1. The maximum Gasteiger partial charge on any atom is 0.271 e. The summed E-state index contributed by atoms with van der Waals surface area (Å²) in [6.07, 6.45) is 1.09. The van der Waals surface area contributed by atoms with Crippen molar-refractivity contribution in [3.05, 3.63) is 95.9 Å². The molecular formula is C27H20N6O3S2. The van der Waals surface area contributed by atoms with Gasteiger partial charge in [-0.1, -0.05) is 48.5 Å². The number of thiazole rings is 1. The van der Waals surface area contributed by atoms with Gasteiger partial charge in [-0.15, -0.1) is 11.3 Å². The summed E-state index contributed by atoms with van der Waals surface area (Å²) in [5, 5.41) is 12.3. The van der Waals surface area contributed by atoms with Crippen LogP contribution in [0.3, 0.4) is 0 Å². The molecule has 188 valence electrons. The molecule has 0 saturated carbocycles. The number of nitrogens with zero attached hydrogens (tertiary/aromatic N) is 3. The van der Waals surface area contributed by atoms with E-state index in [0.717, 1.165) is 28.3 Å². The van der Waals surface area contributed by atoms with Gasteiger partial charge >= 0.3 is 0 Å². The average molecular weight is 541 g/mol. The number of amides is 3. The Morgan fingerprint density at radius 3 is 2.39 bits per heavy atom. The largest absolute Gasteiger partial charge is 0.332 e. The third kappa shape index (κ3) is 5.48. The molecule has 1 fully saturated rings. The fourth-order valence-electron chi connectivity index (χ4n) is 3.68. The molecule has 0 spiro atoms. The van der Waals surface area contributed by atoms with Crippen LogP contribution in [0.25, 0.3) is 11.3 Å². The maximum atomic E-state index is 12.9. The minimum atomic E-state index is -1.24. The Balaban J connectivity index is 1.19. The van der Waals surface area contributed by atoms with E-state index < -0.39 is 23.6 Å². The number of para-hydroxylation sites is 1. The number of nitrogens with one attached hydrogen (secondary N) is 3. The molecule has 38 heavy (non-hydrogen) atoms. The van der Waals surface area contributed by atoms with Crippen LogP contribution in [0.2, 0.25) is 0 Å². The molecule has 3 N–H and O–H groups in total. The number of benzene rings is 3. The van der Waals surface area contributed by atoms with Crippen LogP contribution in [0.5, 0.6) is 0 Å². The zero-order chi connectivity index (χ0) is 26.5. The second kappa shape index (κ2) is 11.1. The van der Waals surface area contributed by atoms with Gasteiger partial charge in [0.05, 0.1) is 11.4 Å². The number of carbonyl (C=O) groups excluding carboxylic acids is 3. The molecule has 0 radical (unpaired) electrons. The smallest absolute Gasteiger partial charge is 0.271 e. The Bertz CT molecular complexity index is 1520. The van der Waals surface area contributed by atoms with E-state index >= 15 is 0 Å². The molecule has 11 heteroatoms. The second-order valence-corrected chi connectivity index (χ2v) is 9.35. The summed E-state index contributed by atoms with van der Waals surface area (Å²) in [7, 11) is 0. The van der Waals surface area contributed by atoms with E-state index in [1.165, 1.54) is 16.2 Å². The molecule has 5 rings (SSSR count). The lowest BCUT2D eigenvalue weighted by molar-refractivity contribution is -0.130. The molecule has 1 atom stereocenters. The molecule has 3 amide bonds. The molecule has 0 aliphatic carbocycles. The lowest BCUT2D eigenvalue weighted by Gasteiger charge is -2.30. The highest BCUT2D eigenvalue weighted by Gasteiger charge is 2.38. The van der Waals surface area contributed by atoms with Gasteiger partial charge in [0, 0.05) is 28.4 Å². The highest BCUT2D eigenvalue weighted by atomic mass is 32.1. The lowest BCUT2D eigenvalue weighted by atomic mass is 10.1. The third-order valence-electron chi connectivity index (χ3n) is 5.58. The summed E-state index contributed by atoms with van der Waals surface area (Å²) in [5.74, 6) is -2.91. The van der Waals surface area contributed by atoms with Crippen LogP contribution >= 0.6 is 23.6 Å². The number of carbonyl (C=O) groups is 3. The Morgan fingerprint density at radius 1 is 1.00 bits per heavy atom. The number of rotatable bonds is 7. The van der Waals surface area contributed by atoms with Crippen molar-refractivity contribution in [2.24, 2.45) is 11.0 Å². The number of aromatic nitrogens is 1. The van der Waals surface area contributed by atoms with Crippen molar-refractivity contribution in [3.8, 4) is 11.3 Å². The van der Waals surface area contributed by atoms with Crippen molar-refractivity contribution < 1.29 is 14.4 Å². The monoisotopic (exact) mass is 540 g/mol. The molecule has 0 bridgehead atoms. The van der Waals surface area contributed by atoms with Gasteiger partial charge in [0.2, 0.25) is 5.91 Å². The Morgan fingerprint density at radius 2 is 1.68 bits per heavy atom. The fourth-order valence-corrected chi connectivity index (χ4v) is 4.72. The minimum absolute atomic E-state index is 0.0115. The number of hydrogen-bond acceptors (Lipinski definition) is 8. The standard InChI is InChI=1S/C27H20N6O3S2/c34-23(32-28-15-21-24(35)31-27(37)33(25(21)36)20-9-5-2-6-10-20)18-11-13-19(14-12-18)29-26-30-22(16-38-26)17-7-3-1-4-8-17/h1-16,21H,(H,29,30)(H,32,34)(H,31,35,37)/b28-15+. The predicted molar refractivity (Wildman–Crippen MR) is 151 cm³/mol. The zero-order valence-corrected chi connectivity index (χ0v) is 21.3. The van der Waals surface area contributed by atoms with Crippen LogP contribution in [0.1, 0.15) is 10.4 Å². The second-order valence-electron chi connectivity index (χ2n) is 8.11. The van der Waals surface area contributed by atoms with Crippen LogP contribution in [0.4, 0.5) is 16.5 Å². The van der Waals surface area contributed by atoms with E-state index in [0.29, 0.717) is 11.3 Å². The van der Waals surface area contributed by atoms with Crippen LogP contribution in [-0.4, -0.2) is 34.0 Å². The average Bonchev–Trinajstić information content (AvgIpc) is 3.40. The molecule has 4 aromatic rings. The fraction of sp³-hybridized carbons (Fsp3) is 0.0370. The Hall–Kier alpha value is -4.74. The normalized spacial score (nSPS) is 15.4. The van der Waals surface area contributed by atoms with Crippen molar-refractivity contribution in [2.75, 3.05) is 10.2 Å². The molecule has 1 unspecified atom stereocenters. The van der Waals surface area contributed by atoms with Crippen LogP contribution in [-0.2, 0) is 9.59 Å². The van der Waals surface area contributed by atoms with Gasteiger partial charge in [0.15, 0.2) is 16.2 Å². The third-order valence-corrected chi connectivity index (χ3v) is 6.62. The van der Waals surface area contributed by atoms with Gasteiger partial charge in [-0.25, -0.2) is 10.4 Å². The highest BCUT2D eigenvalue weighted by molar-refractivity contribution is 7.80. The highest BCUT2D eigenvalue weighted by Crippen LogP contribution is 2.27. The van der Waals surface area contributed by atoms with Crippen LogP contribution < -0.4 is 21.0 Å². The summed E-state index contributed by atoms with van der Waals surface area (Å²) in [6.45, 7) is 0. The molecule has 3 aromatic carbocycles. The van der Waals surface area contributed by atoms with Crippen LogP contribution in [0.15, 0.2) is 95.4 Å². The van der Waals surface area contributed by atoms with Crippen molar-refractivity contribution in [2.45, 2.75) is 0 Å². The summed E-state index contributed by atoms with van der Waals surface area (Å²) in [6, 6.07) is 25.4. The molecule has 1 saturated heterocycles. The number of anilines is 3. The van der Waals surface area contributed by atoms with Crippen LogP contribution in [0, 0.1) is 5.92 Å². The van der Waals surface area contributed by atoms with Crippen molar-refractivity contribution in [3.63, 3.8) is 0 Å². The summed E-state index contributed by atoms with van der Waals surface area (Å²) in [5.41, 5.74) is 5.91. The lowest BCUT2D eigenvalue weighted by Crippen LogP contribution is -2.58. The van der Waals surface area contributed by atoms with E-state index in [4.69, 9.17) is 12.2 Å². The molecule has 1 aliphatic heterocycles. The first-order valence-electron chi connectivity index (χ1n) is 11.4. The maximum absolute atomic E-state index is 12.9. The minimum Gasteiger partial charge on any atom is -0.332 e. The van der Waals surface area contributed by atoms with Crippen molar-refractivity contribution in [1.82, 2.24) is 15.7 Å². The van der Waals surface area contributed by atoms with Gasteiger partial charge in [0.25, 0.3) is 11.8 Å². The Kier molecular flexibility index (Phi) is 7.29. The zero-order valence-electron chi connectivity index (χ0n) is 19.7. The molecule has 1 aromatic heterocycles. The van der Waals surface area contributed by atoms with E-state index in [-0.39, 0.29) is 5.11 Å². The first-order valence-corrected chi connectivity index (χ1v) is 12.7. The van der Waals surface area contributed by atoms with Gasteiger partial charge in [-0.05, 0) is 48.6 Å². The van der Waals surface area contributed by atoms with Crippen molar-refractivity contribution in [1.29, 1.82) is 0 Å². The van der Waals surface area contributed by atoms with Crippen molar-refractivity contribution >= 4 is 69.1 Å². The quantitative estimate of drug-likeness (QED) is 0.139. The van der Waals surface area contributed by atoms with Gasteiger partial charge in [-0.2, -0.15) is 5.10 Å². The van der Waals surface area contributed by atoms with Gasteiger partial charge in [-0.3, -0.25) is 19.3 Å². The topological polar surface area (TPSA) is 116 Å². The number of hydrogen-bond donors (Lipinski definition) is 3. The van der Waals surface area contributed by atoms with Gasteiger partial charge < -0.3 is 10.6 Å². The molecule has 9 nitrogen and oxygen atoms in total. The molecule has 2 heterocycles. The number of thiocarbonyl (C=S) groups is 1. The Labute approximate surface area is 227 Å². The first-order chi connectivity index (χ1) is 18.5. The molecular weight excluding hydrogens is 520 g/mol. The van der Waals surface area contributed by atoms with E-state index in [1.807, 2.05) is 35.7 Å². The summed E-state index contributed by atoms with van der Waals surface area (Å²) >= 11 is 6.64. The van der Waals surface area contributed by atoms with E-state index in [1.54, 1.807) is 54.6 Å². The first kappa shape index (κ1) is 24.9. The summed E-state index contributed by atoms with van der Waals surface area (Å²) in [4.78, 5) is 43.6.